The first-order chi connectivity index (χ1) is 9.65. The van der Waals surface area contributed by atoms with E-state index in [4.69, 9.17) is 0 Å². The minimum Gasteiger partial charge on any atom is -0.296 e. The number of hydrogen-bond acceptors (Lipinski definition) is 4. The minimum absolute atomic E-state index is 0.168. The van der Waals surface area contributed by atoms with Gasteiger partial charge in [0.1, 0.15) is 0 Å². The molecule has 0 radical (unpaired) electrons. The average Bonchev–Trinajstić information content (AvgIpc) is 2.91. The Hall–Kier alpha value is -2.01. The van der Waals surface area contributed by atoms with Crippen LogP contribution in [-0.2, 0) is 9.59 Å². The molecule has 3 rings (SSSR count). The number of aromatic nitrogens is 1. The summed E-state index contributed by atoms with van der Waals surface area (Å²) in [5.74, 6) is -0.969. The average molecular weight is 286 g/mol. The number of benzene rings is 1. The molecule has 102 valence electrons. The molecule has 2 aromatic rings. The van der Waals surface area contributed by atoms with Crippen LogP contribution >= 0.6 is 11.3 Å². The fourth-order valence-corrected chi connectivity index (χ4v) is 3.44. The van der Waals surface area contributed by atoms with Gasteiger partial charge < -0.3 is 0 Å². The summed E-state index contributed by atoms with van der Waals surface area (Å²) in [6, 6.07) is 7.87. The second kappa shape index (κ2) is 5.17. The second-order valence-electron chi connectivity index (χ2n) is 4.99. The second-order valence-corrected chi connectivity index (χ2v) is 5.91. The van der Waals surface area contributed by atoms with Crippen molar-refractivity contribution in [1.82, 2.24) is 10.3 Å². The highest BCUT2D eigenvalue weighted by molar-refractivity contribution is 7.09. The van der Waals surface area contributed by atoms with E-state index in [-0.39, 0.29) is 23.7 Å². The van der Waals surface area contributed by atoms with Crippen molar-refractivity contribution >= 4 is 23.2 Å². The van der Waals surface area contributed by atoms with Gasteiger partial charge in [-0.25, -0.2) is 4.98 Å². The maximum Gasteiger partial charge on any atom is 0.234 e. The third-order valence-corrected chi connectivity index (χ3v) is 4.43. The van der Waals surface area contributed by atoms with Crippen molar-refractivity contribution in [3.8, 4) is 0 Å². The molecule has 0 bridgehead atoms. The van der Waals surface area contributed by atoms with Crippen molar-refractivity contribution in [2.75, 3.05) is 0 Å². The summed E-state index contributed by atoms with van der Waals surface area (Å²) in [6.07, 6.45) is 2.02. The van der Waals surface area contributed by atoms with Gasteiger partial charge in [-0.1, -0.05) is 29.8 Å². The van der Waals surface area contributed by atoms with E-state index in [0.29, 0.717) is 6.42 Å². The van der Waals surface area contributed by atoms with E-state index in [0.717, 1.165) is 16.1 Å². The molecule has 1 aromatic carbocycles. The molecule has 1 aromatic heterocycles. The largest absolute Gasteiger partial charge is 0.296 e. The van der Waals surface area contributed by atoms with Gasteiger partial charge in [-0.2, -0.15) is 0 Å². The number of imide groups is 1. The van der Waals surface area contributed by atoms with Gasteiger partial charge >= 0.3 is 0 Å². The molecular formula is C15H14N2O2S. The van der Waals surface area contributed by atoms with Crippen molar-refractivity contribution in [2.45, 2.75) is 25.2 Å². The molecule has 4 nitrogen and oxygen atoms in total. The van der Waals surface area contributed by atoms with E-state index in [2.05, 4.69) is 10.3 Å². The quantitative estimate of drug-likeness (QED) is 0.862. The van der Waals surface area contributed by atoms with Gasteiger partial charge in [0.15, 0.2) is 0 Å². The number of rotatable bonds is 2. The standard InChI is InChI=1S/C15H14N2O2S/c1-9-3-2-4-10(7-9)13-11(15-16-5-6-20-15)8-12(18)17-14(13)19/h2-7,11,13H,8H2,1H3,(H,17,18,19). The third-order valence-electron chi connectivity index (χ3n) is 3.52. The molecule has 2 heterocycles. The predicted octanol–water partition coefficient (Wildman–Crippen LogP) is 2.37. The van der Waals surface area contributed by atoms with Crippen molar-refractivity contribution in [2.24, 2.45) is 0 Å². The van der Waals surface area contributed by atoms with Crippen molar-refractivity contribution in [3.05, 3.63) is 52.0 Å². The van der Waals surface area contributed by atoms with Crippen LogP contribution < -0.4 is 5.32 Å². The Balaban J connectivity index is 2.04. The summed E-state index contributed by atoms with van der Waals surface area (Å²) in [6.45, 7) is 1.99. The first-order valence-electron chi connectivity index (χ1n) is 6.45. The minimum atomic E-state index is -0.348. The van der Waals surface area contributed by atoms with Gasteiger partial charge in [0.05, 0.1) is 10.9 Å². The Bertz CT molecular complexity index is 652. The summed E-state index contributed by atoms with van der Waals surface area (Å²) in [4.78, 5) is 28.2. The third kappa shape index (κ3) is 2.36. The molecule has 20 heavy (non-hydrogen) atoms. The topological polar surface area (TPSA) is 59.1 Å². The van der Waals surface area contributed by atoms with Crippen LogP contribution in [0, 0.1) is 6.92 Å². The zero-order valence-electron chi connectivity index (χ0n) is 11.0. The van der Waals surface area contributed by atoms with Crippen LogP contribution in [0.1, 0.15) is 34.4 Å². The first kappa shape index (κ1) is 13.0. The van der Waals surface area contributed by atoms with E-state index in [1.807, 2.05) is 36.6 Å². The van der Waals surface area contributed by atoms with E-state index < -0.39 is 0 Å². The lowest BCUT2D eigenvalue weighted by molar-refractivity contribution is -0.135. The number of hydrogen-bond donors (Lipinski definition) is 1. The number of piperidine rings is 1. The van der Waals surface area contributed by atoms with Crippen molar-refractivity contribution < 1.29 is 9.59 Å². The number of carbonyl (C=O) groups excluding carboxylic acids is 2. The molecule has 5 heteroatoms. The molecule has 1 aliphatic rings. The fourth-order valence-electron chi connectivity index (χ4n) is 2.66. The Kier molecular flexibility index (Phi) is 3.36. The summed E-state index contributed by atoms with van der Waals surface area (Å²) in [5.41, 5.74) is 2.04. The number of thiazole rings is 1. The molecular weight excluding hydrogens is 272 g/mol. The summed E-state index contributed by atoms with van der Waals surface area (Å²) in [7, 11) is 0. The Morgan fingerprint density at radius 3 is 2.90 bits per heavy atom. The van der Waals surface area contributed by atoms with Crippen LogP contribution in [0.3, 0.4) is 0 Å². The summed E-state index contributed by atoms with van der Waals surface area (Å²) < 4.78 is 0. The Morgan fingerprint density at radius 1 is 1.35 bits per heavy atom. The van der Waals surface area contributed by atoms with E-state index >= 15 is 0 Å². The van der Waals surface area contributed by atoms with Crippen molar-refractivity contribution in [3.63, 3.8) is 0 Å². The lowest BCUT2D eigenvalue weighted by Crippen LogP contribution is -2.43. The van der Waals surface area contributed by atoms with E-state index in [1.165, 1.54) is 11.3 Å². The SMILES string of the molecule is Cc1cccc(C2C(=O)NC(=O)CC2c2nccs2)c1. The van der Waals surface area contributed by atoms with Crippen LogP contribution in [0.2, 0.25) is 0 Å². The van der Waals surface area contributed by atoms with Gasteiger partial charge in [0.25, 0.3) is 0 Å². The molecule has 0 saturated carbocycles. The Labute approximate surface area is 120 Å². The fraction of sp³-hybridized carbons (Fsp3) is 0.267. The van der Waals surface area contributed by atoms with E-state index in [9.17, 15) is 9.59 Å². The van der Waals surface area contributed by atoms with Crippen LogP contribution in [0.25, 0.3) is 0 Å². The highest BCUT2D eigenvalue weighted by Gasteiger charge is 2.39. The van der Waals surface area contributed by atoms with Crippen LogP contribution in [0.4, 0.5) is 0 Å². The maximum atomic E-state index is 12.3. The number of nitrogens with zero attached hydrogens (tertiary/aromatic N) is 1. The molecule has 2 amide bonds. The predicted molar refractivity (Wildman–Crippen MR) is 76.5 cm³/mol. The van der Waals surface area contributed by atoms with Crippen LogP contribution in [0.15, 0.2) is 35.8 Å². The zero-order valence-corrected chi connectivity index (χ0v) is 11.8. The molecule has 1 aliphatic heterocycles. The molecule has 2 unspecified atom stereocenters. The summed E-state index contributed by atoms with van der Waals surface area (Å²) >= 11 is 1.49. The highest BCUT2D eigenvalue weighted by Crippen LogP contribution is 2.39. The lowest BCUT2D eigenvalue weighted by atomic mass is 9.80. The number of carbonyl (C=O) groups is 2. The van der Waals surface area contributed by atoms with Gasteiger partial charge in [-0.3, -0.25) is 14.9 Å². The smallest absolute Gasteiger partial charge is 0.234 e. The number of amides is 2. The lowest BCUT2D eigenvalue weighted by Gasteiger charge is -2.29. The molecule has 1 fully saturated rings. The van der Waals surface area contributed by atoms with Gasteiger partial charge in [0.2, 0.25) is 11.8 Å². The highest BCUT2D eigenvalue weighted by atomic mass is 32.1. The molecule has 0 spiro atoms. The van der Waals surface area contributed by atoms with E-state index in [1.54, 1.807) is 6.20 Å². The first-order valence-corrected chi connectivity index (χ1v) is 7.33. The molecule has 1 saturated heterocycles. The monoisotopic (exact) mass is 286 g/mol. The number of nitrogens with one attached hydrogen (secondary N) is 1. The van der Waals surface area contributed by atoms with Gasteiger partial charge in [0, 0.05) is 23.9 Å². The normalized spacial score (nSPS) is 22.6. The molecule has 0 aliphatic carbocycles. The van der Waals surface area contributed by atoms with Crippen LogP contribution in [-0.4, -0.2) is 16.8 Å². The Morgan fingerprint density at radius 2 is 2.20 bits per heavy atom. The molecule has 2 atom stereocenters. The maximum absolute atomic E-state index is 12.3. The van der Waals surface area contributed by atoms with Gasteiger partial charge in [-0.05, 0) is 12.5 Å². The van der Waals surface area contributed by atoms with Gasteiger partial charge in [-0.15, -0.1) is 11.3 Å². The zero-order chi connectivity index (χ0) is 14.1. The number of aryl methyl sites for hydroxylation is 1. The summed E-state index contributed by atoms with van der Waals surface area (Å²) in [5, 5.41) is 5.16. The van der Waals surface area contributed by atoms with Crippen molar-refractivity contribution in [1.29, 1.82) is 0 Å². The van der Waals surface area contributed by atoms with Crippen LogP contribution in [0.5, 0.6) is 0 Å². The molecule has 1 N–H and O–H groups in total.